The van der Waals surface area contributed by atoms with Crippen LogP contribution in [0.2, 0.25) is 5.02 Å². The van der Waals surface area contributed by atoms with Gasteiger partial charge in [-0.15, -0.1) is 0 Å². The average molecular weight is 303 g/mol. The molecule has 0 radical (unpaired) electrons. The van der Waals surface area contributed by atoms with E-state index < -0.39 is 0 Å². The Labute approximate surface area is 130 Å². The number of nitrogens with one attached hydrogen (secondary N) is 1. The van der Waals surface area contributed by atoms with Crippen LogP contribution in [0.1, 0.15) is 24.1 Å². The van der Waals surface area contributed by atoms with E-state index >= 15 is 0 Å². The van der Waals surface area contributed by atoms with E-state index in [1.165, 1.54) is 12.8 Å². The van der Waals surface area contributed by atoms with E-state index in [0.29, 0.717) is 11.0 Å². The second-order valence-electron chi connectivity index (χ2n) is 5.47. The molecule has 2 aromatic rings. The molecule has 21 heavy (non-hydrogen) atoms. The number of aromatic nitrogens is 2. The molecule has 1 aliphatic heterocycles. The van der Waals surface area contributed by atoms with Gasteiger partial charge in [0, 0.05) is 35.6 Å². The Morgan fingerprint density at radius 2 is 1.86 bits per heavy atom. The minimum Gasteiger partial charge on any atom is -0.356 e. The lowest BCUT2D eigenvalue weighted by Crippen LogP contribution is -2.19. The van der Waals surface area contributed by atoms with Crippen molar-refractivity contribution in [1.29, 1.82) is 0 Å². The molecule has 0 amide bonds. The molecule has 0 atom stereocenters. The summed E-state index contributed by atoms with van der Waals surface area (Å²) in [6.07, 6.45) is 2.47. The van der Waals surface area contributed by atoms with Crippen molar-refractivity contribution in [3.8, 4) is 0 Å². The SMILES string of the molecule is Cc1cc(N2CCCC2)nc(Nc2cc(Cl)ccc2C)n1. The molecule has 0 saturated carbocycles. The maximum absolute atomic E-state index is 6.06. The van der Waals surface area contributed by atoms with Crippen molar-refractivity contribution in [3.63, 3.8) is 0 Å². The van der Waals surface area contributed by atoms with Crippen molar-refractivity contribution in [2.45, 2.75) is 26.7 Å². The zero-order valence-corrected chi connectivity index (χ0v) is 13.1. The van der Waals surface area contributed by atoms with Crippen LogP contribution in [-0.2, 0) is 0 Å². The second-order valence-corrected chi connectivity index (χ2v) is 5.91. The van der Waals surface area contributed by atoms with Crippen LogP contribution in [0.25, 0.3) is 0 Å². The summed E-state index contributed by atoms with van der Waals surface area (Å²) in [5.41, 5.74) is 3.03. The summed E-state index contributed by atoms with van der Waals surface area (Å²) in [6, 6.07) is 7.82. The molecule has 2 heterocycles. The van der Waals surface area contributed by atoms with Gasteiger partial charge >= 0.3 is 0 Å². The van der Waals surface area contributed by atoms with Crippen LogP contribution in [0.5, 0.6) is 0 Å². The molecule has 1 aromatic heterocycles. The lowest BCUT2D eigenvalue weighted by atomic mass is 10.2. The molecule has 5 heteroatoms. The van der Waals surface area contributed by atoms with Gasteiger partial charge in [-0.05, 0) is 44.4 Å². The fourth-order valence-electron chi connectivity index (χ4n) is 2.57. The minimum atomic E-state index is 0.627. The number of halogens is 1. The first-order valence-corrected chi connectivity index (χ1v) is 7.63. The van der Waals surface area contributed by atoms with E-state index in [9.17, 15) is 0 Å². The lowest BCUT2D eigenvalue weighted by Gasteiger charge is -2.18. The first-order valence-electron chi connectivity index (χ1n) is 7.25. The fourth-order valence-corrected chi connectivity index (χ4v) is 2.74. The molecule has 110 valence electrons. The molecule has 0 unspecified atom stereocenters. The Hall–Kier alpha value is -1.81. The highest BCUT2D eigenvalue weighted by molar-refractivity contribution is 6.30. The maximum Gasteiger partial charge on any atom is 0.229 e. The molecule has 3 rings (SSSR count). The summed E-state index contributed by atoms with van der Waals surface area (Å²) in [6.45, 7) is 6.19. The molecule has 0 spiro atoms. The summed E-state index contributed by atoms with van der Waals surface area (Å²) < 4.78 is 0. The van der Waals surface area contributed by atoms with Crippen molar-refractivity contribution >= 4 is 29.1 Å². The molecule has 0 aliphatic carbocycles. The number of hydrogen-bond donors (Lipinski definition) is 1. The summed E-state index contributed by atoms with van der Waals surface area (Å²) in [4.78, 5) is 11.4. The van der Waals surface area contributed by atoms with Crippen molar-refractivity contribution in [2.75, 3.05) is 23.3 Å². The Morgan fingerprint density at radius 1 is 1.10 bits per heavy atom. The summed E-state index contributed by atoms with van der Waals surface area (Å²) in [5.74, 6) is 1.63. The molecular weight excluding hydrogens is 284 g/mol. The van der Waals surface area contributed by atoms with Crippen LogP contribution in [0.15, 0.2) is 24.3 Å². The Balaban J connectivity index is 1.89. The zero-order valence-electron chi connectivity index (χ0n) is 12.4. The van der Waals surface area contributed by atoms with Gasteiger partial charge in [0.25, 0.3) is 0 Å². The lowest BCUT2D eigenvalue weighted by molar-refractivity contribution is 0.923. The van der Waals surface area contributed by atoms with E-state index in [4.69, 9.17) is 11.6 Å². The monoisotopic (exact) mass is 302 g/mol. The number of nitrogens with zero attached hydrogens (tertiary/aromatic N) is 3. The van der Waals surface area contributed by atoms with Gasteiger partial charge in [0.15, 0.2) is 0 Å². The van der Waals surface area contributed by atoms with E-state index in [0.717, 1.165) is 35.9 Å². The predicted octanol–water partition coefficient (Wildman–Crippen LogP) is 4.09. The van der Waals surface area contributed by atoms with E-state index in [2.05, 4.69) is 20.2 Å². The third kappa shape index (κ3) is 3.27. The van der Waals surface area contributed by atoms with Crippen molar-refractivity contribution in [3.05, 3.63) is 40.5 Å². The molecule has 0 bridgehead atoms. The van der Waals surface area contributed by atoms with E-state index in [1.54, 1.807) is 0 Å². The summed E-state index contributed by atoms with van der Waals surface area (Å²) in [5, 5.41) is 3.99. The summed E-state index contributed by atoms with van der Waals surface area (Å²) >= 11 is 6.06. The molecule has 1 aliphatic rings. The first-order chi connectivity index (χ1) is 10.1. The molecular formula is C16H19ClN4. The number of hydrogen-bond acceptors (Lipinski definition) is 4. The van der Waals surface area contributed by atoms with Crippen LogP contribution in [0.4, 0.5) is 17.5 Å². The number of aryl methyl sites for hydroxylation is 2. The Bertz CT molecular complexity index is 651. The third-order valence-corrected chi connectivity index (χ3v) is 3.95. The highest BCUT2D eigenvalue weighted by atomic mass is 35.5. The van der Waals surface area contributed by atoms with Crippen molar-refractivity contribution in [2.24, 2.45) is 0 Å². The van der Waals surface area contributed by atoms with Crippen molar-refractivity contribution < 1.29 is 0 Å². The largest absolute Gasteiger partial charge is 0.356 e. The van der Waals surface area contributed by atoms with Gasteiger partial charge in [-0.3, -0.25) is 0 Å². The molecule has 1 saturated heterocycles. The van der Waals surface area contributed by atoms with Gasteiger partial charge in [0.05, 0.1) is 0 Å². The predicted molar refractivity (Wildman–Crippen MR) is 87.7 cm³/mol. The highest BCUT2D eigenvalue weighted by Gasteiger charge is 2.15. The van der Waals surface area contributed by atoms with Crippen LogP contribution in [-0.4, -0.2) is 23.1 Å². The average Bonchev–Trinajstić information content (AvgIpc) is 2.96. The van der Waals surface area contributed by atoms with Crippen LogP contribution < -0.4 is 10.2 Å². The van der Waals surface area contributed by atoms with Gasteiger partial charge in [-0.25, -0.2) is 4.98 Å². The standard InChI is InChI=1S/C16H19ClN4/c1-11-5-6-13(17)10-14(11)19-16-18-12(2)9-15(20-16)21-7-3-4-8-21/h5-6,9-10H,3-4,7-8H2,1-2H3,(H,18,19,20). The normalized spacial score (nSPS) is 14.5. The Kier molecular flexibility index (Phi) is 3.97. The number of anilines is 3. The van der Waals surface area contributed by atoms with Crippen molar-refractivity contribution in [1.82, 2.24) is 9.97 Å². The number of rotatable bonds is 3. The van der Waals surface area contributed by atoms with Crippen LogP contribution in [0, 0.1) is 13.8 Å². The van der Waals surface area contributed by atoms with E-state index in [-0.39, 0.29) is 0 Å². The van der Waals surface area contributed by atoms with Gasteiger partial charge in [-0.1, -0.05) is 17.7 Å². The Morgan fingerprint density at radius 3 is 2.62 bits per heavy atom. The van der Waals surface area contributed by atoms with Gasteiger partial charge in [0.2, 0.25) is 5.95 Å². The topological polar surface area (TPSA) is 41.1 Å². The van der Waals surface area contributed by atoms with Gasteiger partial charge < -0.3 is 10.2 Å². The maximum atomic E-state index is 6.06. The molecule has 4 nitrogen and oxygen atoms in total. The fraction of sp³-hybridized carbons (Fsp3) is 0.375. The van der Waals surface area contributed by atoms with Gasteiger partial charge in [-0.2, -0.15) is 4.98 Å². The van der Waals surface area contributed by atoms with Crippen LogP contribution >= 0.6 is 11.6 Å². The van der Waals surface area contributed by atoms with E-state index in [1.807, 2.05) is 38.1 Å². The zero-order chi connectivity index (χ0) is 14.8. The molecule has 1 aromatic carbocycles. The first kappa shape index (κ1) is 14.1. The summed E-state index contributed by atoms with van der Waals surface area (Å²) in [7, 11) is 0. The molecule has 1 fully saturated rings. The molecule has 1 N–H and O–H groups in total. The minimum absolute atomic E-state index is 0.627. The smallest absolute Gasteiger partial charge is 0.229 e. The van der Waals surface area contributed by atoms with Gasteiger partial charge in [0.1, 0.15) is 5.82 Å². The second kappa shape index (κ2) is 5.90. The quantitative estimate of drug-likeness (QED) is 0.927. The highest BCUT2D eigenvalue weighted by Crippen LogP contribution is 2.25. The third-order valence-electron chi connectivity index (χ3n) is 3.72. The van der Waals surface area contributed by atoms with Crippen LogP contribution in [0.3, 0.4) is 0 Å². The number of benzene rings is 1.